The second-order valence-electron chi connectivity index (χ2n) is 13.6. The first-order valence-corrected chi connectivity index (χ1v) is 15.6. The number of aromatic nitrogens is 3. The maximum absolute atomic E-state index is 14.4. The number of carbonyl (C=O) groups is 3. The summed E-state index contributed by atoms with van der Waals surface area (Å²) in [7, 11) is 1.44. The Morgan fingerprint density at radius 1 is 1.16 bits per heavy atom. The molecule has 3 atom stereocenters. The van der Waals surface area contributed by atoms with Crippen molar-refractivity contribution in [3.8, 4) is 17.1 Å². The molecule has 0 radical (unpaired) electrons. The molecule has 13 nitrogen and oxygen atoms in total. The minimum absolute atomic E-state index is 0.0137. The molecule has 1 spiro atoms. The van der Waals surface area contributed by atoms with E-state index < -0.39 is 11.4 Å². The van der Waals surface area contributed by atoms with Crippen LogP contribution in [-0.4, -0.2) is 118 Å². The molecule has 6 rings (SSSR count). The Morgan fingerprint density at radius 3 is 2.69 bits per heavy atom. The fourth-order valence-electron chi connectivity index (χ4n) is 6.68. The molecule has 2 N–H and O–H groups in total. The van der Waals surface area contributed by atoms with Gasteiger partial charge in [-0.05, 0) is 58.9 Å². The molecule has 3 saturated heterocycles. The summed E-state index contributed by atoms with van der Waals surface area (Å²) in [6, 6.07) is 3.04. The van der Waals surface area contributed by atoms with Gasteiger partial charge in [-0.25, -0.2) is 14.2 Å². The maximum Gasteiger partial charge on any atom is 0.412 e. The predicted molar refractivity (Wildman–Crippen MR) is 160 cm³/mol. The lowest BCUT2D eigenvalue weighted by molar-refractivity contribution is -0.128. The molecule has 14 heteroatoms. The Labute approximate surface area is 261 Å². The van der Waals surface area contributed by atoms with Crippen molar-refractivity contribution in [2.75, 3.05) is 46.6 Å². The molecule has 5 heterocycles. The second kappa shape index (κ2) is 12.2. The van der Waals surface area contributed by atoms with Gasteiger partial charge < -0.3 is 24.4 Å². The van der Waals surface area contributed by atoms with Gasteiger partial charge in [-0.2, -0.15) is 5.10 Å². The van der Waals surface area contributed by atoms with Crippen molar-refractivity contribution >= 4 is 17.9 Å². The molecule has 2 unspecified atom stereocenters. The van der Waals surface area contributed by atoms with Crippen molar-refractivity contribution in [1.29, 1.82) is 0 Å². The van der Waals surface area contributed by atoms with E-state index in [0.717, 1.165) is 32.0 Å². The fourth-order valence-corrected chi connectivity index (χ4v) is 6.68. The lowest BCUT2D eigenvalue weighted by Crippen LogP contribution is -2.54. The van der Waals surface area contributed by atoms with Crippen LogP contribution in [0.25, 0.3) is 11.3 Å². The number of methoxy groups -OCH3 is 1. The highest BCUT2D eigenvalue weighted by Crippen LogP contribution is 2.50. The van der Waals surface area contributed by atoms with Crippen LogP contribution >= 0.6 is 0 Å². The molecule has 4 aliphatic rings. The number of H-pyrrole nitrogens is 1. The first kappa shape index (κ1) is 31.2. The number of likely N-dealkylation sites (tertiary alicyclic amines) is 2. The normalized spacial score (nSPS) is 24.9. The van der Waals surface area contributed by atoms with E-state index in [1.807, 2.05) is 25.7 Å². The van der Waals surface area contributed by atoms with Gasteiger partial charge in [0.2, 0.25) is 11.8 Å². The van der Waals surface area contributed by atoms with E-state index in [1.165, 1.54) is 13.2 Å². The monoisotopic (exact) mass is 627 g/mol. The number of hydrogen-bond donors (Lipinski definition) is 2. The molecule has 3 amide bonds. The minimum atomic E-state index is -0.575. The van der Waals surface area contributed by atoms with Crippen LogP contribution in [0.3, 0.4) is 0 Å². The first-order chi connectivity index (χ1) is 21.4. The van der Waals surface area contributed by atoms with Gasteiger partial charge in [0.05, 0.1) is 31.6 Å². The highest BCUT2D eigenvalue weighted by atomic mass is 19.1. The van der Waals surface area contributed by atoms with Crippen LogP contribution in [-0.2, 0) is 14.3 Å². The van der Waals surface area contributed by atoms with E-state index in [0.29, 0.717) is 44.8 Å². The van der Waals surface area contributed by atoms with Crippen LogP contribution in [0.1, 0.15) is 63.4 Å². The van der Waals surface area contributed by atoms with Crippen LogP contribution in [0.2, 0.25) is 0 Å². The Balaban J connectivity index is 1.02. The van der Waals surface area contributed by atoms with Crippen molar-refractivity contribution < 1.29 is 33.0 Å². The number of hydrogen-bond acceptors (Lipinski definition) is 9. The quantitative estimate of drug-likeness (QED) is 0.495. The van der Waals surface area contributed by atoms with Crippen LogP contribution in [0, 0.1) is 11.7 Å². The molecule has 0 aromatic carbocycles. The zero-order valence-electron chi connectivity index (χ0n) is 26.3. The van der Waals surface area contributed by atoms with Crippen LogP contribution in [0.5, 0.6) is 5.88 Å². The molecule has 1 aliphatic carbocycles. The number of pyridine rings is 1. The zero-order valence-corrected chi connectivity index (χ0v) is 26.3. The molecule has 1 saturated carbocycles. The van der Waals surface area contributed by atoms with Crippen molar-refractivity contribution in [2.45, 2.75) is 76.1 Å². The molecule has 0 bridgehead atoms. The van der Waals surface area contributed by atoms with Crippen LogP contribution in [0.15, 0.2) is 18.3 Å². The van der Waals surface area contributed by atoms with Gasteiger partial charge in [0.15, 0.2) is 5.82 Å². The van der Waals surface area contributed by atoms with E-state index in [-0.39, 0.29) is 65.3 Å². The van der Waals surface area contributed by atoms with E-state index in [2.05, 4.69) is 25.4 Å². The number of aromatic amines is 1. The number of ether oxygens (including phenoxy) is 3. The molecule has 3 aliphatic heterocycles. The molecule has 2 aromatic heterocycles. The summed E-state index contributed by atoms with van der Waals surface area (Å²) in [5.74, 6) is -0.666. The standard InChI is InChI=1S/C31H42FN7O6/c1-30(2,3)45-29(42)38-16-21(17-44-18-38)37-9-6-20(15-37)34-27(40)19-5-10-39(31(13-19)7-8-31)28(41)25-12-24(35-36-25)22-11-26(43-4)33-14-23(22)32/h11-12,14,19-21H,5-10,13,15-18H2,1-4H3,(H,34,40)(H,35,36)/t19-,20?,21?/m0/s1. The Morgan fingerprint density at radius 2 is 1.96 bits per heavy atom. The topological polar surface area (TPSA) is 142 Å². The van der Waals surface area contributed by atoms with Gasteiger partial charge in [-0.3, -0.25) is 24.5 Å². The van der Waals surface area contributed by atoms with Gasteiger partial charge in [0, 0.05) is 55.3 Å². The zero-order chi connectivity index (χ0) is 31.9. The second-order valence-corrected chi connectivity index (χ2v) is 13.6. The van der Waals surface area contributed by atoms with Gasteiger partial charge in [-0.15, -0.1) is 0 Å². The summed E-state index contributed by atoms with van der Waals surface area (Å²) >= 11 is 0. The molecule has 45 heavy (non-hydrogen) atoms. The van der Waals surface area contributed by atoms with E-state index in [1.54, 1.807) is 11.0 Å². The number of halogens is 1. The predicted octanol–water partition coefficient (Wildman–Crippen LogP) is 2.79. The lowest BCUT2D eigenvalue weighted by Gasteiger charge is -2.40. The molecule has 2 aromatic rings. The summed E-state index contributed by atoms with van der Waals surface area (Å²) in [6.07, 6.45) is 4.36. The number of amides is 3. The average Bonchev–Trinajstić information content (AvgIpc) is 3.38. The molecular formula is C31H42FN7O6. The Bertz CT molecular complexity index is 1440. The van der Waals surface area contributed by atoms with Gasteiger partial charge >= 0.3 is 6.09 Å². The molecular weight excluding hydrogens is 585 g/mol. The Hall–Kier alpha value is -3.78. The van der Waals surface area contributed by atoms with E-state index >= 15 is 0 Å². The highest BCUT2D eigenvalue weighted by molar-refractivity contribution is 5.94. The lowest BCUT2D eigenvalue weighted by atomic mass is 9.87. The van der Waals surface area contributed by atoms with Crippen LogP contribution < -0.4 is 10.1 Å². The summed E-state index contributed by atoms with van der Waals surface area (Å²) in [5.41, 5.74) is -0.166. The smallest absolute Gasteiger partial charge is 0.412 e. The summed E-state index contributed by atoms with van der Waals surface area (Å²) in [5, 5.41) is 10.2. The molecule has 244 valence electrons. The van der Waals surface area contributed by atoms with Crippen molar-refractivity contribution in [3.05, 3.63) is 29.8 Å². The fraction of sp³-hybridized carbons (Fsp3) is 0.645. The Kier molecular flexibility index (Phi) is 8.46. The average molecular weight is 628 g/mol. The largest absolute Gasteiger partial charge is 0.481 e. The SMILES string of the molecule is COc1cc(-c2cc(C(=O)N3CC[C@H](C(=O)NC4CCN(C5COCN(C(=O)OC(C)(C)C)C5)C4)CC34CC4)[nH]n2)c(F)cn1. The summed E-state index contributed by atoms with van der Waals surface area (Å²) in [4.78, 5) is 49.1. The summed E-state index contributed by atoms with van der Waals surface area (Å²) in [6.45, 7) is 8.74. The third kappa shape index (κ3) is 6.76. The number of carbonyl (C=O) groups excluding carboxylic acids is 3. The van der Waals surface area contributed by atoms with Crippen molar-refractivity contribution in [1.82, 2.24) is 35.2 Å². The number of rotatable bonds is 6. The van der Waals surface area contributed by atoms with E-state index in [4.69, 9.17) is 14.2 Å². The first-order valence-electron chi connectivity index (χ1n) is 15.6. The van der Waals surface area contributed by atoms with Gasteiger partial charge in [0.1, 0.15) is 18.0 Å². The summed E-state index contributed by atoms with van der Waals surface area (Å²) < 4.78 is 30.8. The molecule has 4 fully saturated rings. The van der Waals surface area contributed by atoms with Crippen molar-refractivity contribution in [3.63, 3.8) is 0 Å². The van der Waals surface area contributed by atoms with Gasteiger partial charge in [-0.1, -0.05) is 0 Å². The number of nitrogens with one attached hydrogen (secondary N) is 2. The van der Waals surface area contributed by atoms with E-state index in [9.17, 15) is 18.8 Å². The number of piperidine rings is 1. The van der Waals surface area contributed by atoms with Crippen LogP contribution in [0.4, 0.5) is 9.18 Å². The maximum atomic E-state index is 14.4. The van der Waals surface area contributed by atoms with Crippen molar-refractivity contribution in [2.24, 2.45) is 5.92 Å². The highest BCUT2D eigenvalue weighted by Gasteiger charge is 2.55. The van der Waals surface area contributed by atoms with Gasteiger partial charge in [0.25, 0.3) is 5.91 Å². The third-order valence-electron chi connectivity index (χ3n) is 9.19. The number of nitrogens with zero attached hydrogens (tertiary/aromatic N) is 5. The third-order valence-corrected chi connectivity index (χ3v) is 9.19. The minimum Gasteiger partial charge on any atom is -0.481 e.